The third-order valence-corrected chi connectivity index (χ3v) is 5.24. The molecule has 0 fully saturated rings. The summed E-state index contributed by atoms with van der Waals surface area (Å²) in [4.78, 5) is 24.1. The van der Waals surface area contributed by atoms with Gasteiger partial charge in [-0.1, -0.05) is 52.0 Å². The van der Waals surface area contributed by atoms with E-state index in [0.29, 0.717) is 17.3 Å². The van der Waals surface area contributed by atoms with Crippen molar-refractivity contribution in [3.05, 3.63) is 75.6 Å². The maximum absolute atomic E-state index is 12.5. The van der Waals surface area contributed by atoms with E-state index in [1.54, 1.807) is 12.1 Å². The molecular formula is C25H29NO4. The van der Waals surface area contributed by atoms with Crippen molar-refractivity contribution in [2.75, 3.05) is 6.61 Å². The normalized spacial score (nSPS) is 12.4. The molecule has 0 saturated heterocycles. The molecule has 5 heteroatoms. The Balaban J connectivity index is 1.67. The van der Waals surface area contributed by atoms with Crippen LogP contribution in [0.3, 0.4) is 0 Å². The minimum Gasteiger partial charge on any atom is -0.484 e. The zero-order chi connectivity index (χ0) is 21.8. The van der Waals surface area contributed by atoms with Crippen LogP contribution in [0.1, 0.15) is 56.3 Å². The number of amides is 1. The van der Waals surface area contributed by atoms with E-state index < -0.39 is 5.63 Å². The lowest BCUT2D eigenvalue weighted by atomic mass is 9.93. The maximum atomic E-state index is 12.5. The highest BCUT2D eigenvalue weighted by Crippen LogP contribution is 2.25. The standard InChI is InChI=1S/C25H29NO4/c1-15(2)18-6-8-19(9-7-18)25(16(3)4)26-23(27)14-29-20-10-11-21-17(5)12-24(28)30-22(21)13-20/h6-13,15-16,25H,14H2,1-5H3,(H,26,27)/t25-/m1/s1. The van der Waals surface area contributed by atoms with Crippen LogP contribution in [0.2, 0.25) is 0 Å². The van der Waals surface area contributed by atoms with E-state index in [9.17, 15) is 9.59 Å². The molecule has 0 spiro atoms. The summed E-state index contributed by atoms with van der Waals surface area (Å²) in [5.41, 5.74) is 3.23. The van der Waals surface area contributed by atoms with E-state index in [1.807, 2.05) is 13.0 Å². The van der Waals surface area contributed by atoms with Crippen LogP contribution in [0.25, 0.3) is 11.0 Å². The zero-order valence-electron chi connectivity index (χ0n) is 18.2. The first-order valence-corrected chi connectivity index (χ1v) is 10.3. The quantitative estimate of drug-likeness (QED) is 0.552. The summed E-state index contributed by atoms with van der Waals surface area (Å²) in [7, 11) is 0. The molecule has 158 valence electrons. The number of hydrogen-bond donors (Lipinski definition) is 1. The van der Waals surface area contributed by atoms with Crippen LogP contribution >= 0.6 is 0 Å². The van der Waals surface area contributed by atoms with Gasteiger partial charge in [-0.25, -0.2) is 4.79 Å². The van der Waals surface area contributed by atoms with Gasteiger partial charge in [0, 0.05) is 17.5 Å². The minimum absolute atomic E-state index is 0.0976. The number of ether oxygens (including phenoxy) is 1. The molecule has 0 aliphatic heterocycles. The van der Waals surface area contributed by atoms with E-state index in [1.165, 1.54) is 11.6 Å². The van der Waals surface area contributed by atoms with E-state index in [-0.39, 0.29) is 24.5 Å². The summed E-state index contributed by atoms with van der Waals surface area (Å²) in [5.74, 6) is 0.979. The van der Waals surface area contributed by atoms with E-state index in [2.05, 4.69) is 57.3 Å². The summed E-state index contributed by atoms with van der Waals surface area (Å²) in [6.07, 6.45) is 0. The van der Waals surface area contributed by atoms with Crippen LogP contribution in [-0.4, -0.2) is 12.5 Å². The Kier molecular flexibility index (Phi) is 6.60. The summed E-state index contributed by atoms with van der Waals surface area (Å²) < 4.78 is 10.9. The number of aryl methyl sites for hydroxylation is 1. The monoisotopic (exact) mass is 407 g/mol. The fourth-order valence-electron chi connectivity index (χ4n) is 3.48. The minimum atomic E-state index is -0.404. The molecule has 0 aliphatic rings. The van der Waals surface area contributed by atoms with Crippen LogP contribution in [0.4, 0.5) is 0 Å². The first kappa shape index (κ1) is 21.6. The van der Waals surface area contributed by atoms with Crippen molar-refractivity contribution in [3.63, 3.8) is 0 Å². The second-order valence-corrected chi connectivity index (χ2v) is 8.31. The van der Waals surface area contributed by atoms with Gasteiger partial charge in [0.2, 0.25) is 0 Å². The Labute approximate surface area is 177 Å². The third-order valence-electron chi connectivity index (χ3n) is 5.24. The van der Waals surface area contributed by atoms with Crippen LogP contribution in [0.15, 0.2) is 57.7 Å². The SMILES string of the molecule is Cc1cc(=O)oc2cc(OCC(=O)N[C@@H](c3ccc(C(C)C)cc3)C(C)C)ccc12. The molecule has 1 aromatic heterocycles. The van der Waals surface area contributed by atoms with Crippen LogP contribution in [0.5, 0.6) is 5.75 Å². The molecule has 0 saturated carbocycles. The first-order valence-electron chi connectivity index (χ1n) is 10.3. The second-order valence-electron chi connectivity index (χ2n) is 8.31. The molecule has 1 heterocycles. The van der Waals surface area contributed by atoms with Crippen LogP contribution < -0.4 is 15.7 Å². The van der Waals surface area contributed by atoms with Gasteiger partial charge in [0.05, 0.1) is 6.04 Å². The van der Waals surface area contributed by atoms with Crippen molar-refractivity contribution >= 4 is 16.9 Å². The van der Waals surface area contributed by atoms with Crippen LogP contribution in [0, 0.1) is 12.8 Å². The van der Waals surface area contributed by atoms with Crippen molar-refractivity contribution in [3.8, 4) is 5.75 Å². The van der Waals surface area contributed by atoms with Crippen molar-refractivity contribution in [1.82, 2.24) is 5.32 Å². The number of hydrogen-bond acceptors (Lipinski definition) is 4. The predicted molar refractivity (Wildman–Crippen MR) is 119 cm³/mol. The fourth-order valence-corrected chi connectivity index (χ4v) is 3.48. The highest BCUT2D eigenvalue weighted by Gasteiger charge is 2.19. The van der Waals surface area contributed by atoms with Gasteiger partial charge in [0.1, 0.15) is 11.3 Å². The van der Waals surface area contributed by atoms with Gasteiger partial charge in [-0.05, 0) is 47.6 Å². The molecule has 1 N–H and O–H groups in total. The predicted octanol–water partition coefficient (Wildman–Crippen LogP) is 5.12. The number of benzene rings is 2. The Hall–Kier alpha value is -3.08. The average molecular weight is 408 g/mol. The van der Waals surface area contributed by atoms with Gasteiger partial charge in [-0.2, -0.15) is 0 Å². The Morgan fingerprint density at radius 3 is 2.30 bits per heavy atom. The number of fused-ring (bicyclic) bond motifs is 1. The van der Waals surface area contributed by atoms with E-state index in [4.69, 9.17) is 9.15 Å². The van der Waals surface area contributed by atoms with Gasteiger partial charge in [-0.3, -0.25) is 4.79 Å². The Bertz CT molecular complexity index is 1080. The van der Waals surface area contributed by atoms with Gasteiger partial charge in [0.25, 0.3) is 5.91 Å². The van der Waals surface area contributed by atoms with Crippen molar-refractivity contribution in [1.29, 1.82) is 0 Å². The van der Waals surface area contributed by atoms with Gasteiger partial charge in [-0.15, -0.1) is 0 Å². The topological polar surface area (TPSA) is 68.5 Å². The lowest BCUT2D eigenvalue weighted by Crippen LogP contribution is -2.35. The molecule has 5 nitrogen and oxygen atoms in total. The van der Waals surface area contributed by atoms with Crippen molar-refractivity contribution in [2.45, 2.75) is 46.6 Å². The lowest BCUT2D eigenvalue weighted by molar-refractivity contribution is -0.124. The summed E-state index contributed by atoms with van der Waals surface area (Å²) in [5, 5.41) is 3.91. The molecule has 1 atom stereocenters. The Morgan fingerprint density at radius 1 is 1.00 bits per heavy atom. The highest BCUT2D eigenvalue weighted by molar-refractivity contribution is 5.82. The van der Waals surface area contributed by atoms with E-state index in [0.717, 1.165) is 16.5 Å². The van der Waals surface area contributed by atoms with Crippen molar-refractivity contribution < 1.29 is 13.9 Å². The third kappa shape index (κ3) is 5.09. The number of rotatable bonds is 7. The number of nitrogens with one attached hydrogen (secondary N) is 1. The molecule has 3 rings (SSSR count). The molecule has 3 aromatic rings. The molecule has 0 bridgehead atoms. The maximum Gasteiger partial charge on any atom is 0.336 e. The zero-order valence-corrected chi connectivity index (χ0v) is 18.2. The second kappa shape index (κ2) is 9.16. The summed E-state index contributed by atoms with van der Waals surface area (Å²) in [6.45, 7) is 10.2. The van der Waals surface area contributed by atoms with Gasteiger partial charge < -0.3 is 14.5 Å². The number of carbonyl (C=O) groups excluding carboxylic acids is 1. The lowest BCUT2D eigenvalue weighted by Gasteiger charge is -2.23. The Morgan fingerprint density at radius 2 is 1.67 bits per heavy atom. The first-order chi connectivity index (χ1) is 14.2. The smallest absolute Gasteiger partial charge is 0.336 e. The molecule has 30 heavy (non-hydrogen) atoms. The molecule has 0 unspecified atom stereocenters. The average Bonchev–Trinajstić information content (AvgIpc) is 2.70. The summed E-state index contributed by atoms with van der Waals surface area (Å²) in [6, 6.07) is 15.0. The number of carbonyl (C=O) groups is 1. The van der Waals surface area contributed by atoms with Gasteiger partial charge in [0.15, 0.2) is 6.61 Å². The molecule has 0 aliphatic carbocycles. The molecule has 1 amide bonds. The van der Waals surface area contributed by atoms with E-state index >= 15 is 0 Å². The van der Waals surface area contributed by atoms with Crippen LogP contribution in [-0.2, 0) is 4.79 Å². The molecule has 0 radical (unpaired) electrons. The fraction of sp³-hybridized carbons (Fsp3) is 0.360. The van der Waals surface area contributed by atoms with Gasteiger partial charge >= 0.3 is 5.63 Å². The molecular weight excluding hydrogens is 378 g/mol. The largest absolute Gasteiger partial charge is 0.484 e. The summed E-state index contributed by atoms with van der Waals surface area (Å²) >= 11 is 0. The molecule has 2 aromatic carbocycles. The highest BCUT2D eigenvalue weighted by atomic mass is 16.5. The van der Waals surface area contributed by atoms with Crippen molar-refractivity contribution in [2.24, 2.45) is 5.92 Å².